The molecule has 1 N–H and O–H groups in total. The van der Waals surface area contributed by atoms with E-state index in [0.717, 1.165) is 37.4 Å². The second-order valence-corrected chi connectivity index (χ2v) is 4.38. The fourth-order valence-corrected chi connectivity index (χ4v) is 2.08. The molecule has 1 aromatic rings. The fourth-order valence-electron chi connectivity index (χ4n) is 2.08. The third kappa shape index (κ3) is 3.13. The lowest BCUT2D eigenvalue weighted by molar-refractivity contribution is 0.171. The average molecular weight is 235 g/mol. The number of rotatable bonds is 5. The van der Waals surface area contributed by atoms with Crippen molar-refractivity contribution in [3.05, 3.63) is 23.3 Å². The first-order valence-electron chi connectivity index (χ1n) is 6.41. The highest BCUT2D eigenvalue weighted by Crippen LogP contribution is 2.33. The Labute approximate surface area is 103 Å². The maximum absolute atomic E-state index is 5.61. The van der Waals surface area contributed by atoms with Gasteiger partial charge in [0.05, 0.1) is 0 Å². The van der Waals surface area contributed by atoms with Gasteiger partial charge in [0.15, 0.2) is 11.5 Å². The maximum Gasteiger partial charge on any atom is 0.161 e. The third-order valence-corrected chi connectivity index (χ3v) is 3.05. The predicted octanol–water partition coefficient (Wildman–Crippen LogP) is 2.31. The summed E-state index contributed by atoms with van der Waals surface area (Å²) in [5.74, 6) is 1.80. The van der Waals surface area contributed by atoms with E-state index in [-0.39, 0.29) is 0 Å². The van der Waals surface area contributed by atoms with Crippen molar-refractivity contribution in [1.82, 2.24) is 5.32 Å². The van der Waals surface area contributed by atoms with Crippen LogP contribution in [0.5, 0.6) is 11.5 Å². The molecule has 1 aliphatic heterocycles. The van der Waals surface area contributed by atoms with Gasteiger partial charge in [-0.1, -0.05) is 6.92 Å². The van der Waals surface area contributed by atoms with Gasteiger partial charge in [0.1, 0.15) is 13.2 Å². The summed E-state index contributed by atoms with van der Waals surface area (Å²) in [6, 6.07) is 4.23. The van der Waals surface area contributed by atoms with Crippen LogP contribution in [0.15, 0.2) is 12.1 Å². The smallest absolute Gasteiger partial charge is 0.161 e. The zero-order valence-corrected chi connectivity index (χ0v) is 10.7. The Balaban J connectivity index is 2.01. The Morgan fingerprint density at radius 2 is 1.88 bits per heavy atom. The Bertz CT molecular complexity index is 377. The highest BCUT2D eigenvalue weighted by molar-refractivity contribution is 5.47. The van der Waals surface area contributed by atoms with Gasteiger partial charge in [0.25, 0.3) is 0 Å². The van der Waals surface area contributed by atoms with Crippen molar-refractivity contribution in [2.24, 2.45) is 0 Å². The van der Waals surface area contributed by atoms with Gasteiger partial charge in [-0.2, -0.15) is 0 Å². The van der Waals surface area contributed by atoms with E-state index >= 15 is 0 Å². The SMILES string of the molecule is CCNCCCc1cc2c(cc1C)OCCO2. The first-order chi connectivity index (χ1) is 8.31. The summed E-state index contributed by atoms with van der Waals surface area (Å²) in [7, 11) is 0. The monoisotopic (exact) mass is 235 g/mol. The van der Waals surface area contributed by atoms with Gasteiger partial charge < -0.3 is 14.8 Å². The molecule has 0 aromatic heterocycles. The van der Waals surface area contributed by atoms with E-state index in [4.69, 9.17) is 9.47 Å². The molecule has 1 heterocycles. The van der Waals surface area contributed by atoms with E-state index in [9.17, 15) is 0 Å². The molecule has 0 unspecified atom stereocenters. The van der Waals surface area contributed by atoms with Crippen LogP contribution >= 0.6 is 0 Å². The molecule has 0 saturated heterocycles. The van der Waals surface area contributed by atoms with Crippen LogP contribution in [-0.2, 0) is 6.42 Å². The zero-order chi connectivity index (χ0) is 12.1. The van der Waals surface area contributed by atoms with Crippen LogP contribution < -0.4 is 14.8 Å². The summed E-state index contributed by atoms with van der Waals surface area (Å²) in [5.41, 5.74) is 2.66. The number of hydrogen-bond acceptors (Lipinski definition) is 3. The van der Waals surface area contributed by atoms with Crippen molar-refractivity contribution < 1.29 is 9.47 Å². The lowest BCUT2D eigenvalue weighted by atomic mass is 10.0. The molecule has 1 aliphatic rings. The van der Waals surface area contributed by atoms with Crippen LogP contribution in [0, 0.1) is 6.92 Å². The van der Waals surface area contributed by atoms with Gasteiger partial charge in [-0.15, -0.1) is 0 Å². The number of ether oxygens (including phenoxy) is 2. The largest absolute Gasteiger partial charge is 0.486 e. The van der Waals surface area contributed by atoms with Crippen LogP contribution in [-0.4, -0.2) is 26.3 Å². The molecule has 2 rings (SSSR count). The Morgan fingerprint density at radius 1 is 1.18 bits per heavy atom. The van der Waals surface area contributed by atoms with E-state index in [1.54, 1.807) is 0 Å². The highest BCUT2D eigenvalue weighted by atomic mass is 16.6. The highest BCUT2D eigenvalue weighted by Gasteiger charge is 2.13. The third-order valence-electron chi connectivity index (χ3n) is 3.05. The van der Waals surface area contributed by atoms with Gasteiger partial charge in [-0.3, -0.25) is 0 Å². The van der Waals surface area contributed by atoms with Crippen molar-refractivity contribution in [3.8, 4) is 11.5 Å². The van der Waals surface area contributed by atoms with E-state index in [1.165, 1.54) is 11.1 Å². The minimum atomic E-state index is 0.659. The van der Waals surface area contributed by atoms with E-state index in [0.29, 0.717) is 13.2 Å². The van der Waals surface area contributed by atoms with Gasteiger partial charge in [0, 0.05) is 0 Å². The normalized spacial score (nSPS) is 13.8. The summed E-state index contributed by atoms with van der Waals surface area (Å²) in [6.07, 6.45) is 2.25. The van der Waals surface area contributed by atoms with Crippen molar-refractivity contribution in [2.45, 2.75) is 26.7 Å². The molecular formula is C14H21NO2. The number of aryl methyl sites for hydroxylation is 2. The molecule has 0 bridgehead atoms. The van der Waals surface area contributed by atoms with E-state index in [1.807, 2.05) is 0 Å². The second-order valence-electron chi connectivity index (χ2n) is 4.38. The average Bonchev–Trinajstić information content (AvgIpc) is 2.35. The number of nitrogens with one attached hydrogen (secondary N) is 1. The van der Waals surface area contributed by atoms with Crippen LogP contribution in [0.3, 0.4) is 0 Å². The topological polar surface area (TPSA) is 30.5 Å². The van der Waals surface area contributed by atoms with Crippen LogP contribution in [0.4, 0.5) is 0 Å². The first kappa shape index (κ1) is 12.2. The lowest BCUT2D eigenvalue weighted by Gasteiger charge is -2.20. The molecule has 0 amide bonds. The predicted molar refractivity (Wildman–Crippen MR) is 69.0 cm³/mol. The molecule has 0 spiro atoms. The van der Waals surface area contributed by atoms with Gasteiger partial charge in [0.2, 0.25) is 0 Å². The lowest BCUT2D eigenvalue weighted by Crippen LogP contribution is -2.16. The summed E-state index contributed by atoms with van der Waals surface area (Å²) in [5, 5.41) is 3.34. The number of fused-ring (bicyclic) bond motifs is 1. The molecule has 1 aromatic carbocycles. The summed E-state index contributed by atoms with van der Waals surface area (Å²) in [4.78, 5) is 0. The molecule has 94 valence electrons. The summed E-state index contributed by atoms with van der Waals surface area (Å²) >= 11 is 0. The van der Waals surface area contributed by atoms with Gasteiger partial charge in [-0.25, -0.2) is 0 Å². The molecule has 0 atom stereocenters. The quantitative estimate of drug-likeness (QED) is 0.794. The van der Waals surface area contributed by atoms with E-state index in [2.05, 4.69) is 31.3 Å². The molecule has 0 radical (unpaired) electrons. The summed E-state index contributed by atoms with van der Waals surface area (Å²) in [6.45, 7) is 7.71. The second kappa shape index (κ2) is 5.92. The molecule has 0 aliphatic carbocycles. The maximum atomic E-state index is 5.61. The van der Waals surface area contributed by atoms with Gasteiger partial charge in [-0.05, 0) is 56.1 Å². The molecular weight excluding hydrogens is 214 g/mol. The standard InChI is InChI=1S/C14H21NO2/c1-3-15-6-4-5-12-10-14-13(9-11(12)2)16-7-8-17-14/h9-10,15H,3-8H2,1-2H3. The molecule has 0 saturated carbocycles. The minimum absolute atomic E-state index is 0.659. The molecule has 17 heavy (non-hydrogen) atoms. The molecule has 0 fully saturated rings. The van der Waals surface area contributed by atoms with Gasteiger partial charge >= 0.3 is 0 Å². The fraction of sp³-hybridized carbons (Fsp3) is 0.571. The van der Waals surface area contributed by atoms with Crippen molar-refractivity contribution in [1.29, 1.82) is 0 Å². The Hall–Kier alpha value is -1.22. The van der Waals surface area contributed by atoms with Crippen molar-refractivity contribution in [3.63, 3.8) is 0 Å². The number of benzene rings is 1. The van der Waals surface area contributed by atoms with Crippen molar-refractivity contribution >= 4 is 0 Å². The first-order valence-corrected chi connectivity index (χ1v) is 6.41. The van der Waals surface area contributed by atoms with Crippen LogP contribution in [0.1, 0.15) is 24.5 Å². The van der Waals surface area contributed by atoms with Crippen LogP contribution in [0.25, 0.3) is 0 Å². The van der Waals surface area contributed by atoms with Crippen molar-refractivity contribution in [2.75, 3.05) is 26.3 Å². The molecule has 3 nitrogen and oxygen atoms in total. The Morgan fingerprint density at radius 3 is 2.59 bits per heavy atom. The number of hydrogen-bond donors (Lipinski definition) is 1. The minimum Gasteiger partial charge on any atom is -0.486 e. The Kier molecular flexibility index (Phi) is 4.26. The summed E-state index contributed by atoms with van der Waals surface area (Å²) < 4.78 is 11.2. The zero-order valence-electron chi connectivity index (χ0n) is 10.7. The molecule has 3 heteroatoms. The van der Waals surface area contributed by atoms with Crippen LogP contribution in [0.2, 0.25) is 0 Å². The van der Waals surface area contributed by atoms with E-state index < -0.39 is 0 Å².